The molecule has 1 N–H and O–H groups in total. The lowest BCUT2D eigenvalue weighted by Gasteiger charge is -2.22. The number of nitrogens with zero attached hydrogens (tertiary/aromatic N) is 4. The van der Waals surface area contributed by atoms with Crippen LogP contribution in [0.4, 0.5) is 0 Å². The van der Waals surface area contributed by atoms with Gasteiger partial charge in [-0.1, -0.05) is 38.1 Å². The van der Waals surface area contributed by atoms with Crippen LogP contribution < -0.4 is 5.32 Å². The number of benzene rings is 1. The van der Waals surface area contributed by atoms with Crippen molar-refractivity contribution >= 4 is 29.9 Å². The molecular formula is C22H36IN5O. The Kier molecular flexibility index (Phi) is 11.3. The van der Waals surface area contributed by atoms with Crippen LogP contribution in [0.5, 0.6) is 0 Å². The summed E-state index contributed by atoms with van der Waals surface area (Å²) in [6.45, 7) is 12.1. The third-order valence-corrected chi connectivity index (χ3v) is 4.50. The molecule has 0 radical (unpaired) electrons. The van der Waals surface area contributed by atoms with Crippen molar-refractivity contribution in [3.05, 3.63) is 52.8 Å². The Morgan fingerprint density at radius 2 is 1.86 bits per heavy atom. The predicted octanol–water partition coefficient (Wildman–Crippen LogP) is 4.30. The smallest absolute Gasteiger partial charge is 0.194 e. The number of nitrogens with one attached hydrogen (secondary N) is 1. The molecule has 2 rings (SSSR count). The van der Waals surface area contributed by atoms with Gasteiger partial charge >= 0.3 is 0 Å². The molecule has 0 aliphatic carbocycles. The van der Waals surface area contributed by atoms with E-state index in [1.54, 1.807) is 0 Å². The van der Waals surface area contributed by atoms with Gasteiger partial charge in [-0.3, -0.25) is 4.68 Å². The van der Waals surface area contributed by atoms with Gasteiger partial charge in [-0.15, -0.1) is 24.0 Å². The first kappa shape index (κ1) is 25.4. The summed E-state index contributed by atoms with van der Waals surface area (Å²) in [5.41, 5.74) is 4.77. The highest BCUT2D eigenvalue weighted by molar-refractivity contribution is 14.0. The molecule has 0 fully saturated rings. The highest BCUT2D eigenvalue weighted by Crippen LogP contribution is 2.18. The summed E-state index contributed by atoms with van der Waals surface area (Å²) in [6.07, 6.45) is 2.10. The number of hydrogen-bond donors (Lipinski definition) is 1. The summed E-state index contributed by atoms with van der Waals surface area (Å²) in [5, 5.41) is 8.01. The van der Waals surface area contributed by atoms with Gasteiger partial charge in [-0.25, -0.2) is 4.99 Å². The number of halogens is 1. The number of guanidine groups is 1. The van der Waals surface area contributed by atoms with Crippen LogP contribution in [0, 0.1) is 0 Å². The second kappa shape index (κ2) is 12.8. The van der Waals surface area contributed by atoms with E-state index in [1.165, 1.54) is 16.7 Å². The second-order valence-electron chi connectivity index (χ2n) is 7.35. The maximum Gasteiger partial charge on any atom is 0.194 e. The third-order valence-electron chi connectivity index (χ3n) is 4.50. The van der Waals surface area contributed by atoms with Gasteiger partial charge in [-0.05, 0) is 30.9 Å². The normalized spacial score (nSPS) is 11.5. The minimum atomic E-state index is 0. The fourth-order valence-corrected chi connectivity index (χ4v) is 3.09. The Bertz CT molecular complexity index is 755. The lowest BCUT2D eigenvalue weighted by molar-refractivity contribution is 0.134. The molecule has 1 aromatic heterocycles. The maximum absolute atomic E-state index is 5.45. The molecule has 0 bridgehead atoms. The Balaban J connectivity index is 0.00000420. The van der Waals surface area contributed by atoms with E-state index in [1.807, 2.05) is 18.7 Å². The Hall–Kier alpha value is -1.61. The zero-order valence-electron chi connectivity index (χ0n) is 18.6. The van der Waals surface area contributed by atoms with Crippen LogP contribution in [0.2, 0.25) is 0 Å². The molecule has 1 heterocycles. The van der Waals surface area contributed by atoms with Crippen LogP contribution in [0.25, 0.3) is 0 Å². The SMILES string of the molecule is CCNC(=NCc1ccc(COCC)cc1)N(C)Cc1cn(C)nc1C(C)C.I. The molecule has 0 atom stereocenters. The van der Waals surface area contributed by atoms with Crippen molar-refractivity contribution in [1.29, 1.82) is 0 Å². The number of rotatable bonds is 9. The molecule has 0 saturated carbocycles. The maximum atomic E-state index is 5.45. The van der Waals surface area contributed by atoms with E-state index in [2.05, 4.69) is 73.6 Å². The van der Waals surface area contributed by atoms with Gasteiger partial charge in [0, 0.05) is 45.6 Å². The Labute approximate surface area is 192 Å². The lowest BCUT2D eigenvalue weighted by atomic mass is 10.1. The lowest BCUT2D eigenvalue weighted by Crippen LogP contribution is -2.38. The van der Waals surface area contributed by atoms with E-state index < -0.39 is 0 Å². The van der Waals surface area contributed by atoms with E-state index >= 15 is 0 Å². The van der Waals surface area contributed by atoms with Crippen LogP contribution in [-0.2, 0) is 31.5 Å². The van der Waals surface area contributed by atoms with Crippen molar-refractivity contribution in [2.45, 2.75) is 53.3 Å². The zero-order valence-corrected chi connectivity index (χ0v) is 20.9. The molecule has 162 valence electrons. The van der Waals surface area contributed by atoms with Gasteiger partial charge in [0.05, 0.1) is 18.8 Å². The molecule has 0 spiro atoms. The summed E-state index contributed by atoms with van der Waals surface area (Å²) in [4.78, 5) is 6.99. The van der Waals surface area contributed by atoms with Crippen molar-refractivity contribution in [1.82, 2.24) is 20.0 Å². The largest absolute Gasteiger partial charge is 0.377 e. The fourth-order valence-electron chi connectivity index (χ4n) is 3.09. The molecule has 0 aliphatic heterocycles. The molecule has 0 saturated heterocycles. The predicted molar refractivity (Wildman–Crippen MR) is 131 cm³/mol. The number of aryl methyl sites for hydroxylation is 1. The van der Waals surface area contributed by atoms with Crippen LogP contribution in [0.1, 0.15) is 56.0 Å². The summed E-state index contributed by atoms with van der Waals surface area (Å²) in [5.74, 6) is 1.30. The van der Waals surface area contributed by atoms with Crippen LogP contribution >= 0.6 is 24.0 Å². The van der Waals surface area contributed by atoms with Gasteiger partial charge < -0.3 is 15.0 Å². The average Bonchev–Trinajstić information content (AvgIpc) is 3.04. The average molecular weight is 513 g/mol. The standard InChI is InChI=1S/C22H35N5O.HI/c1-7-23-22(24-13-18-9-11-19(12-10-18)16-28-8-2)26(5)14-20-15-27(6)25-21(20)17(3)4;/h9-12,15,17H,7-8,13-14,16H2,1-6H3,(H,23,24);1H. The molecule has 2 aromatic rings. The van der Waals surface area contributed by atoms with Crippen molar-refractivity contribution < 1.29 is 4.74 Å². The first-order valence-corrected chi connectivity index (χ1v) is 10.1. The van der Waals surface area contributed by atoms with Crippen LogP contribution in [0.3, 0.4) is 0 Å². The Morgan fingerprint density at radius 3 is 2.45 bits per heavy atom. The highest BCUT2D eigenvalue weighted by Gasteiger charge is 2.15. The van der Waals surface area contributed by atoms with Crippen LogP contribution in [-0.4, -0.2) is 40.8 Å². The van der Waals surface area contributed by atoms with E-state index in [0.717, 1.165) is 31.3 Å². The quantitative estimate of drug-likeness (QED) is 0.309. The molecule has 1 aromatic carbocycles. The van der Waals surface area contributed by atoms with Crippen molar-refractivity contribution in [3.8, 4) is 0 Å². The summed E-state index contributed by atoms with van der Waals surface area (Å²) >= 11 is 0. The summed E-state index contributed by atoms with van der Waals surface area (Å²) in [7, 11) is 4.05. The first-order valence-electron chi connectivity index (χ1n) is 10.1. The third kappa shape index (κ3) is 7.97. The topological polar surface area (TPSA) is 54.7 Å². The molecule has 0 amide bonds. The van der Waals surface area contributed by atoms with Gasteiger partial charge in [0.25, 0.3) is 0 Å². The minimum absolute atomic E-state index is 0. The highest BCUT2D eigenvalue weighted by atomic mass is 127. The van der Waals surface area contributed by atoms with Crippen molar-refractivity contribution in [2.24, 2.45) is 12.0 Å². The number of aromatic nitrogens is 2. The fraction of sp³-hybridized carbons (Fsp3) is 0.545. The molecule has 0 unspecified atom stereocenters. The first-order chi connectivity index (χ1) is 13.4. The van der Waals surface area contributed by atoms with Crippen molar-refractivity contribution in [2.75, 3.05) is 20.2 Å². The van der Waals surface area contributed by atoms with E-state index in [-0.39, 0.29) is 24.0 Å². The van der Waals surface area contributed by atoms with Gasteiger partial charge in [0.15, 0.2) is 5.96 Å². The van der Waals surface area contributed by atoms with Gasteiger partial charge in [0.2, 0.25) is 0 Å². The van der Waals surface area contributed by atoms with E-state index in [4.69, 9.17) is 9.73 Å². The second-order valence-corrected chi connectivity index (χ2v) is 7.35. The number of hydrogen-bond acceptors (Lipinski definition) is 3. The molecule has 6 nitrogen and oxygen atoms in total. The Morgan fingerprint density at radius 1 is 1.21 bits per heavy atom. The molecule has 7 heteroatoms. The van der Waals surface area contributed by atoms with E-state index in [9.17, 15) is 0 Å². The molecule has 0 aliphatic rings. The molecular weight excluding hydrogens is 477 g/mol. The van der Waals surface area contributed by atoms with Gasteiger partial charge in [0.1, 0.15) is 0 Å². The van der Waals surface area contributed by atoms with E-state index in [0.29, 0.717) is 19.1 Å². The number of aliphatic imine (C=N–C) groups is 1. The monoisotopic (exact) mass is 513 g/mol. The number of ether oxygens (including phenoxy) is 1. The minimum Gasteiger partial charge on any atom is -0.377 e. The van der Waals surface area contributed by atoms with Gasteiger partial charge in [-0.2, -0.15) is 5.10 Å². The summed E-state index contributed by atoms with van der Waals surface area (Å²) in [6, 6.07) is 8.47. The molecule has 29 heavy (non-hydrogen) atoms. The summed E-state index contributed by atoms with van der Waals surface area (Å²) < 4.78 is 7.35. The van der Waals surface area contributed by atoms with Crippen LogP contribution in [0.15, 0.2) is 35.5 Å². The van der Waals surface area contributed by atoms with Crippen molar-refractivity contribution in [3.63, 3.8) is 0 Å². The zero-order chi connectivity index (χ0) is 20.5.